The molecule has 0 saturated carbocycles. The highest BCUT2D eigenvalue weighted by molar-refractivity contribution is 7.16. The van der Waals surface area contributed by atoms with E-state index < -0.39 is 0 Å². The van der Waals surface area contributed by atoms with Gasteiger partial charge in [0.25, 0.3) is 0 Å². The van der Waals surface area contributed by atoms with Crippen LogP contribution in [0.1, 0.15) is 11.3 Å². The van der Waals surface area contributed by atoms with Crippen LogP contribution in [0.5, 0.6) is 0 Å². The van der Waals surface area contributed by atoms with Crippen LogP contribution in [0.15, 0.2) is 12.1 Å². The van der Waals surface area contributed by atoms with E-state index in [0.717, 1.165) is 4.88 Å². The first-order valence-corrected chi connectivity index (χ1v) is 7.96. The molecule has 1 aromatic rings. The van der Waals surface area contributed by atoms with Gasteiger partial charge in [-0.3, -0.25) is 9.59 Å². The van der Waals surface area contributed by atoms with Gasteiger partial charge in [-0.25, -0.2) is 0 Å². The lowest BCUT2D eigenvalue weighted by atomic mass is 10.1. The van der Waals surface area contributed by atoms with E-state index in [2.05, 4.69) is 0 Å². The molecule has 7 heteroatoms. The van der Waals surface area contributed by atoms with E-state index in [1.807, 2.05) is 12.1 Å². The lowest BCUT2D eigenvalue weighted by molar-refractivity contribution is -0.135. The van der Waals surface area contributed by atoms with Crippen molar-refractivity contribution in [3.8, 4) is 0 Å². The van der Waals surface area contributed by atoms with Crippen molar-refractivity contribution in [2.24, 2.45) is 5.92 Å². The zero-order valence-electron chi connectivity index (χ0n) is 12.2. The highest BCUT2D eigenvalue weighted by Gasteiger charge is 2.35. The molecular weight excluding hydrogens is 312 g/mol. The lowest BCUT2D eigenvalue weighted by Crippen LogP contribution is -2.34. The average Bonchev–Trinajstić information content (AvgIpc) is 3.02. The third kappa shape index (κ3) is 4.18. The Morgan fingerprint density at radius 3 is 2.95 bits per heavy atom. The maximum Gasteiger partial charge on any atom is 0.228 e. The predicted molar refractivity (Wildman–Crippen MR) is 82.4 cm³/mol. The van der Waals surface area contributed by atoms with Gasteiger partial charge in [-0.2, -0.15) is 0 Å². The predicted octanol–water partition coefficient (Wildman–Crippen LogP) is 1.85. The van der Waals surface area contributed by atoms with Crippen LogP contribution in [0.3, 0.4) is 0 Å². The first-order valence-electron chi connectivity index (χ1n) is 6.77. The van der Waals surface area contributed by atoms with E-state index in [1.165, 1.54) is 11.3 Å². The Labute approximate surface area is 133 Å². The molecule has 1 atom stereocenters. The van der Waals surface area contributed by atoms with E-state index in [1.54, 1.807) is 24.0 Å². The summed E-state index contributed by atoms with van der Waals surface area (Å²) in [6.07, 6.45) is 0.290. The van der Waals surface area contributed by atoms with Crippen molar-refractivity contribution in [2.45, 2.75) is 13.0 Å². The van der Waals surface area contributed by atoms with Crippen LogP contribution in [0.4, 0.5) is 0 Å². The number of carbonyl (C=O) groups is 2. The minimum Gasteiger partial charge on any atom is -0.383 e. The van der Waals surface area contributed by atoms with Gasteiger partial charge in [0.15, 0.2) is 0 Å². The Bertz CT molecular complexity index is 520. The molecule has 21 heavy (non-hydrogen) atoms. The van der Waals surface area contributed by atoms with Crippen LogP contribution in [-0.2, 0) is 20.9 Å². The number of halogens is 1. The fourth-order valence-corrected chi connectivity index (χ4v) is 3.56. The smallest absolute Gasteiger partial charge is 0.228 e. The Morgan fingerprint density at radius 2 is 2.33 bits per heavy atom. The molecule has 1 saturated heterocycles. The Hall–Kier alpha value is -1.11. The summed E-state index contributed by atoms with van der Waals surface area (Å²) >= 11 is 7.36. The van der Waals surface area contributed by atoms with E-state index >= 15 is 0 Å². The summed E-state index contributed by atoms with van der Waals surface area (Å²) in [5, 5.41) is 0. The molecule has 0 bridgehead atoms. The van der Waals surface area contributed by atoms with Crippen molar-refractivity contribution in [1.82, 2.24) is 9.80 Å². The molecule has 2 heterocycles. The average molecular weight is 331 g/mol. The summed E-state index contributed by atoms with van der Waals surface area (Å²) in [7, 11) is 3.36. The molecule has 5 nitrogen and oxygen atoms in total. The maximum absolute atomic E-state index is 12.4. The highest BCUT2D eigenvalue weighted by Crippen LogP contribution is 2.24. The molecule has 1 aliphatic rings. The van der Waals surface area contributed by atoms with Gasteiger partial charge >= 0.3 is 0 Å². The molecule has 0 aliphatic carbocycles. The summed E-state index contributed by atoms with van der Waals surface area (Å²) in [5.74, 6) is -0.222. The first kappa shape index (κ1) is 16.3. The number of thiophene rings is 1. The summed E-state index contributed by atoms with van der Waals surface area (Å²) in [4.78, 5) is 28.7. The van der Waals surface area contributed by atoms with Gasteiger partial charge in [-0.1, -0.05) is 11.6 Å². The SMILES string of the molecule is COCCN1C[C@@H](C(=O)N(C)Cc2ccc(Cl)s2)CC1=O. The second-order valence-corrected chi connectivity index (χ2v) is 6.93. The Kier molecular flexibility index (Phi) is 5.61. The second-order valence-electron chi connectivity index (χ2n) is 5.13. The second kappa shape index (κ2) is 7.24. The summed E-state index contributed by atoms with van der Waals surface area (Å²) in [6.45, 7) is 2.05. The minimum absolute atomic E-state index is 0.00721. The molecule has 2 rings (SSSR count). The van der Waals surface area contributed by atoms with Crippen molar-refractivity contribution < 1.29 is 14.3 Å². The van der Waals surface area contributed by atoms with Gasteiger partial charge < -0.3 is 14.5 Å². The summed E-state index contributed by atoms with van der Waals surface area (Å²) in [5.41, 5.74) is 0. The van der Waals surface area contributed by atoms with Gasteiger partial charge in [0.1, 0.15) is 0 Å². The van der Waals surface area contributed by atoms with Gasteiger partial charge in [-0.15, -0.1) is 11.3 Å². The molecule has 1 aromatic heterocycles. The molecule has 1 aliphatic heterocycles. The van der Waals surface area contributed by atoms with Crippen molar-refractivity contribution in [3.63, 3.8) is 0 Å². The number of hydrogen-bond acceptors (Lipinski definition) is 4. The minimum atomic E-state index is -0.255. The molecule has 0 unspecified atom stereocenters. The zero-order chi connectivity index (χ0) is 15.4. The van der Waals surface area contributed by atoms with Crippen LogP contribution in [0, 0.1) is 5.92 Å². The van der Waals surface area contributed by atoms with Crippen molar-refractivity contribution in [1.29, 1.82) is 0 Å². The zero-order valence-corrected chi connectivity index (χ0v) is 13.7. The molecule has 0 spiro atoms. The number of nitrogens with zero attached hydrogens (tertiary/aromatic N) is 2. The Balaban J connectivity index is 1.89. The molecular formula is C14H19ClN2O3S. The number of hydrogen-bond donors (Lipinski definition) is 0. The lowest BCUT2D eigenvalue weighted by Gasteiger charge is -2.20. The molecule has 0 aromatic carbocycles. The van der Waals surface area contributed by atoms with Gasteiger partial charge in [0.05, 0.1) is 23.4 Å². The van der Waals surface area contributed by atoms with Crippen LogP contribution < -0.4 is 0 Å². The largest absolute Gasteiger partial charge is 0.383 e. The summed E-state index contributed by atoms with van der Waals surface area (Å²) < 4.78 is 5.69. The maximum atomic E-state index is 12.4. The quantitative estimate of drug-likeness (QED) is 0.800. The molecule has 2 amide bonds. The molecule has 0 radical (unpaired) electrons. The molecule has 1 fully saturated rings. The van der Waals surface area contributed by atoms with E-state index in [-0.39, 0.29) is 24.2 Å². The van der Waals surface area contributed by atoms with Crippen LogP contribution in [0.2, 0.25) is 4.34 Å². The number of ether oxygens (including phenoxy) is 1. The third-order valence-corrected chi connectivity index (χ3v) is 4.74. The fourth-order valence-electron chi connectivity index (χ4n) is 2.42. The number of likely N-dealkylation sites (tertiary alicyclic amines) is 1. The van der Waals surface area contributed by atoms with Gasteiger partial charge in [-0.05, 0) is 12.1 Å². The van der Waals surface area contributed by atoms with Crippen LogP contribution in [-0.4, -0.2) is 55.5 Å². The monoisotopic (exact) mass is 330 g/mol. The fraction of sp³-hybridized carbons (Fsp3) is 0.571. The van der Waals surface area contributed by atoms with Gasteiger partial charge in [0.2, 0.25) is 11.8 Å². The summed E-state index contributed by atoms with van der Waals surface area (Å²) in [6, 6.07) is 3.74. The van der Waals surface area contributed by atoms with Gasteiger partial charge in [0, 0.05) is 38.5 Å². The van der Waals surface area contributed by atoms with Crippen LogP contribution >= 0.6 is 22.9 Å². The number of carbonyl (C=O) groups excluding carboxylic acids is 2. The number of rotatable bonds is 6. The van der Waals surface area contributed by atoms with Crippen molar-refractivity contribution in [3.05, 3.63) is 21.3 Å². The topological polar surface area (TPSA) is 49.9 Å². The molecule has 116 valence electrons. The van der Waals surface area contributed by atoms with Crippen molar-refractivity contribution >= 4 is 34.8 Å². The third-order valence-electron chi connectivity index (χ3n) is 3.53. The Morgan fingerprint density at radius 1 is 1.57 bits per heavy atom. The number of amides is 2. The van der Waals surface area contributed by atoms with E-state index in [4.69, 9.17) is 16.3 Å². The number of methoxy groups -OCH3 is 1. The van der Waals surface area contributed by atoms with E-state index in [0.29, 0.717) is 30.6 Å². The highest BCUT2D eigenvalue weighted by atomic mass is 35.5. The normalized spacial score (nSPS) is 18.3. The van der Waals surface area contributed by atoms with Crippen molar-refractivity contribution in [2.75, 3.05) is 33.9 Å². The molecule has 0 N–H and O–H groups in total. The standard InChI is InChI=1S/C14H19ClN2O3S/c1-16(9-11-3-4-12(15)21-11)14(19)10-7-13(18)17(8-10)5-6-20-2/h3-4,10H,5-9H2,1-2H3/t10-/m0/s1. The first-order chi connectivity index (χ1) is 10.0. The van der Waals surface area contributed by atoms with Crippen LogP contribution in [0.25, 0.3) is 0 Å². The van der Waals surface area contributed by atoms with E-state index in [9.17, 15) is 9.59 Å².